The van der Waals surface area contributed by atoms with Crippen molar-refractivity contribution in [1.82, 2.24) is 9.88 Å². The van der Waals surface area contributed by atoms with Crippen LogP contribution in [0.25, 0.3) is 0 Å². The standard InChI is InChI=1S/C24H26FN3O/c1-18(2)28(17-19-8-4-3-5-9-19)24(29)21-14-22(16-26-15-21)27-13-12-20-10-6-7-11-23(20)25/h3-11,14-16,18,27H,12-13,17H2,1-2H3. The third-order valence-electron chi connectivity index (χ3n) is 4.75. The van der Waals surface area contributed by atoms with Crippen LogP contribution in [-0.4, -0.2) is 28.4 Å². The predicted molar refractivity (Wildman–Crippen MR) is 114 cm³/mol. The SMILES string of the molecule is CC(C)N(Cc1ccccc1)C(=O)c1cncc(NCCc2ccccc2F)c1. The van der Waals surface area contributed by atoms with Crippen molar-refractivity contribution in [2.75, 3.05) is 11.9 Å². The Morgan fingerprint density at radius 3 is 2.52 bits per heavy atom. The molecule has 3 rings (SSSR count). The maximum absolute atomic E-state index is 13.7. The van der Waals surface area contributed by atoms with E-state index in [1.54, 1.807) is 30.6 Å². The van der Waals surface area contributed by atoms with Crippen molar-refractivity contribution in [3.05, 3.63) is 95.6 Å². The molecular weight excluding hydrogens is 365 g/mol. The Bertz CT molecular complexity index is 944. The number of nitrogens with zero attached hydrogens (tertiary/aromatic N) is 2. The number of halogens is 1. The number of benzene rings is 2. The summed E-state index contributed by atoms with van der Waals surface area (Å²) in [7, 11) is 0. The van der Waals surface area contributed by atoms with Gasteiger partial charge in [-0.25, -0.2) is 4.39 Å². The maximum Gasteiger partial charge on any atom is 0.256 e. The lowest BCUT2D eigenvalue weighted by atomic mass is 10.1. The van der Waals surface area contributed by atoms with Crippen molar-refractivity contribution in [3.63, 3.8) is 0 Å². The lowest BCUT2D eigenvalue weighted by Gasteiger charge is -2.27. The summed E-state index contributed by atoms with van der Waals surface area (Å²) >= 11 is 0. The summed E-state index contributed by atoms with van der Waals surface area (Å²) in [6.07, 6.45) is 3.82. The molecule has 0 radical (unpaired) electrons. The lowest BCUT2D eigenvalue weighted by molar-refractivity contribution is 0.0690. The number of carbonyl (C=O) groups excluding carboxylic acids is 1. The fourth-order valence-electron chi connectivity index (χ4n) is 3.13. The number of hydrogen-bond acceptors (Lipinski definition) is 3. The van der Waals surface area contributed by atoms with Crippen LogP contribution in [-0.2, 0) is 13.0 Å². The van der Waals surface area contributed by atoms with E-state index in [9.17, 15) is 9.18 Å². The Morgan fingerprint density at radius 1 is 1.07 bits per heavy atom. The molecule has 0 fully saturated rings. The molecule has 5 heteroatoms. The minimum atomic E-state index is -0.204. The van der Waals surface area contributed by atoms with E-state index < -0.39 is 0 Å². The lowest BCUT2D eigenvalue weighted by Crippen LogP contribution is -2.36. The summed E-state index contributed by atoms with van der Waals surface area (Å²) in [6.45, 7) is 5.11. The van der Waals surface area contributed by atoms with E-state index in [4.69, 9.17) is 0 Å². The molecule has 0 bridgehead atoms. The minimum Gasteiger partial charge on any atom is -0.383 e. The number of amides is 1. The summed E-state index contributed by atoms with van der Waals surface area (Å²) in [6, 6.07) is 18.5. The fourth-order valence-corrected chi connectivity index (χ4v) is 3.13. The number of aromatic nitrogens is 1. The van der Waals surface area contributed by atoms with E-state index >= 15 is 0 Å². The molecule has 0 atom stereocenters. The van der Waals surface area contributed by atoms with Crippen molar-refractivity contribution in [2.45, 2.75) is 32.9 Å². The number of rotatable bonds is 8. The average Bonchev–Trinajstić information content (AvgIpc) is 2.74. The zero-order chi connectivity index (χ0) is 20.6. The van der Waals surface area contributed by atoms with Crippen LogP contribution in [0.5, 0.6) is 0 Å². The van der Waals surface area contributed by atoms with Gasteiger partial charge in [-0.3, -0.25) is 9.78 Å². The van der Waals surface area contributed by atoms with Gasteiger partial charge in [0.2, 0.25) is 0 Å². The Hall–Kier alpha value is -3.21. The molecule has 3 aromatic rings. The van der Waals surface area contributed by atoms with Gasteiger partial charge in [-0.05, 0) is 43.5 Å². The van der Waals surface area contributed by atoms with E-state index in [1.807, 2.05) is 55.1 Å². The number of hydrogen-bond donors (Lipinski definition) is 1. The smallest absolute Gasteiger partial charge is 0.256 e. The van der Waals surface area contributed by atoms with Gasteiger partial charge in [0, 0.05) is 31.5 Å². The molecule has 1 amide bonds. The van der Waals surface area contributed by atoms with E-state index in [0.29, 0.717) is 30.6 Å². The van der Waals surface area contributed by atoms with Gasteiger partial charge in [-0.2, -0.15) is 0 Å². The predicted octanol–water partition coefficient (Wildman–Crippen LogP) is 4.93. The Kier molecular flexibility index (Phi) is 6.95. The first-order chi connectivity index (χ1) is 14.0. The highest BCUT2D eigenvalue weighted by Gasteiger charge is 2.19. The van der Waals surface area contributed by atoms with Crippen molar-refractivity contribution in [3.8, 4) is 0 Å². The van der Waals surface area contributed by atoms with Gasteiger partial charge in [-0.15, -0.1) is 0 Å². The minimum absolute atomic E-state index is 0.0559. The average molecular weight is 391 g/mol. The highest BCUT2D eigenvalue weighted by atomic mass is 19.1. The van der Waals surface area contributed by atoms with Crippen LogP contribution in [0.1, 0.15) is 35.3 Å². The van der Waals surface area contributed by atoms with Gasteiger partial charge in [-0.1, -0.05) is 48.5 Å². The second-order valence-electron chi connectivity index (χ2n) is 7.24. The first-order valence-electron chi connectivity index (χ1n) is 9.82. The second-order valence-corrected chi connectivity index (χ2v) is 7.24. The van der Waals surface area contributed by atoms with Gasteiger partial charge in [0.15, 0.2) is 0 Å². The molecule has 0 aliphatic rings. The third-order valence-corrected chi connectivity index (χ3v) is 4.75. The number of nitrogens with one attached hydrogen (secondary N) is 1. The highest BCUT2D eigenvalue weighted by molar-refractivity contribution is 5.94. The summed E-state index contributed by atoms with van der Waals surface area (Å²) < 4.78 is 13.7. The van der Waals surface area contributed by atoms with Crippen molar-refractivity contribution >= 4 is 11.6 Å². The number of anilines is 1. The molecule has 1 heterocycles. The van der Waals surface area contributed by atoms with Crippen LogP contribution in [0.15, 0.2) is 73.1 Å². The van der Waals surface area contributed by atoms with Crippen LogP contribution < -0.4 is 5.32 Å². The Balaban J connectivity index is 1.66. The molecule has 29 heavy (non-hydrogen) atoms. The van der Waals surface area contributed by atoms with Gasteiger partial charge >= 0.3 is 0 Å². The quantitative estimate of drug-likeness (QED) is 0.592. The van der Waals surface area contributed by atoms with Gasteiger partial charge in [0.25, 0.3) is 5.91 Å². The largest absolute Gasteiger partial charge is 0.383 e. The molecule has 1 aromatic heterocycles. The first-order valence-corrected chi connectivity index (χ1v) is 9.82. The van der Waals surface area contributed by atoms with Crippen LogP contribution in [0.2, 0.25) is 0 Å². The number of carbonyl (C=O) groups is 1. The zero-order valence-corrected chi connectivity index (χ0v) is 16.8. The molecule has 0 aliphatic heterocycles. The Morgan fingerprint density at radius 2 is 1.79 bits per heavy atom. The molecular formula is C24H26FN3O. The van der Waals surface area contributed by atoms with Crippen LogP contribution in [0.4, 0.5) is 10.1 Å². The topological polar surface area (TPSA) is 45.2 Å². The molecule has 0 spiro atoms. The summed E-state index contributed by atoms with van der Waals surface area (Å²) in [5.41, 5.74) is 3.02. The van der Waals surface area contributed by atoms with Crippen molar-refractivity contribution in [1.29, 1.82) is 0 Å². The molecule has 2 aromatic carbocycles. The van der Waals surface area contributed by atoms with Gasteiger partial charge < -0.3 is 10.2 Å². The van der Waals surface area contributed by atoms with E-state index in [-0.39, 0.29) is 17.8 Å². The molecule has 0 aliphatic carbocycles. The summed E-state index contributed by atoms with van der Waals surface area (Å²) in [5.74, 6) is -0.265. The number of pyridine rings is 1. The highest BCUT2D eigenvalue weighted by Crippen LogP contribution is 2.16. The normalized spacial score (nSPS) is 10.8. The monoisotopic (exact) mass is 391 g/mol. The van der Waals surface area contributed by atoms with Crippen LogP contribution in [0.3, 0.4) is 0 Å². The molecule has 0 saturated heterocycles. The van der Waals surface area contributed by atoms with E-state index in [1.165, 1.54) is 6.07 Å². The zero-order valence-electron chi connectivity index (χ0n) is 16.8. The summed E-state index contributed by atoms with van der Waals surface area (Å²) in [5, 5.41) is 3.23. The van der Waals surface area contributed by atoms with Gasteiger partial charge in [0.1, 0.15) is 5.82 Å². The molecule has 0 saturated carbocycles. The third kappa shape index (κ3) is 5.64. The molecule has 1 N–H and O–H groups in total. The van der Waals surface area contributed by atoms with Crippen LogP contribution >= 0.6 is 0 Å². The molecule has 0 unspecified atom stereocenters. The fraction of sp³-hybridized carbons (Fsp3) is 0.250. The summed E-state index contributed by atoms with van der Waals surface area (Å²) in [4.78, 5) is 19.1. The van der Waals surface area contributed by atoms with Crippen LogP contribution in [0, 0.1) is 5.82 Å². The molecule has 150 valence electrons. The van der Waals surface area contributed by atoms with Crippen molar-refractivity contribution in [2.24, 2.45) is 0 Å². The second kappa shape index (κ2) is 9.82. The Labute approximate surface area is 171 Å². The first kappa shape index (κ1) is 20.5. The maximum atomic E-state index is 13.7. The molecule has 4 nitrogen and oxygen atoms in total. The van der Waals surface area contributed by atoms with Gasteiger partial charge in [0.05, 0.1) is 11.3 Å². The van der Waals surface area contributed by atoms with E-state index in [2.05, 4.69) is 10.3 Å². The van der Waals surface area contributed by atoms with E-state index in [0.717, 1.165) is 11.3 Å². The van der Waals surface area contributed by atoms with Crippen molar-refractivity contribution < 1.29 is 9.18 Å².